The van der Waals surface area contributed by atoms with Crippen LogP contribution in [0, 0.1) is 12.7 Å². The summed E-state index contributed by atoms with van der Waals surface area (Å²) < 4.78 is 14.3. The maximum Gasteiger partial charge on any atom is 0.186 e. The molecular weight excluding hydrogens is 231 g/mol. The van der Waals surface area contributed by atoms with Crippen LogP contribution in [-0.2, 0) is 0 Å². The first-order chi connectivity index (χ1) is 8.25. The van der Waals surface area contributed by atoms with Crippen LogP contribution >= 0.6 is 10.5 Å². The van der Waals surface area contributed by atoms with Gasteiger partial charge in [-0.05, 0) is 31.2 Å². The summed E-state index contributed by atoms with van der Waals surface area (Å²) in [6, 6.07) is 15.3. The fourth-order valence-corrected chi connectivity index (χ4v) is 4.18. The molecular formula is C15H12FS+. The van der Waals surface area contributed by atoms with E-state index in [1.807, 2.05) is 12.1 Å². The highest BCUT2D eigenvalue weighted by molar-refractivity contribution is 7.43. The van der Waals surface area contributed by atoms with Crippen molar-refractivity contribution in [1.82, 2.24) is 0 Å². The first-order valence-electron chi connectivity index (χ1n) is 5.52. The van der Waals surface area contributed by atoms with Gasteiger partial charge in [0.1, 0.15) is 11.2 Å². The van der Waals surface area contributed by atoms with Gasteiger partial charge in [0, 0.05) is 33.6 Å². The average Bonchev–Trinajstić information content (AvgIpc) is 2.69. The lowest BCUT2D eigenvalue weighted by Gasteiger charge is -1.91. The summed E-state index contributed by atoms with van der Waals surface area (Å²) >= 11 is 0. The third kappa shape index (κ3) is 1.75. The summed E-state index contributed by atoms with van der Waals surface area (Å²) in [5.74, 6) is -0.175. The molecule has 1 atom stereocenters. The van der Waals surface area contributed by atoms with Gasteiger partial charge in [0.15, 0.2) is 9.60 Å². The summed E-state index contributed by atoms with van der Waals surface area (Å²) in [5.41, 5.74) is 1.31. The molecule has 0 saturated heterocycles. The highest BCUT2D eigenvalue weighted by atomic mass is 32.2. The van der Waals surface area contributed by atoms with Crippen molar-refractivity contribution in [3.63, 3.8) is 0 Å². The van der Waals surface area contributed by atoms with Crippen LogP contribution in [0.1, 0.15) is 5.56 Å². The molecule has 0 aliphatic carbocycles. The maximum absolute atomic E-state index is 12.9. The average molecular weight is 243 g/mol. The molecule has 17 heavy (non-hydrogen) atoms. The third-order valence-corrected chi connectivity index (χ3v) is 5.11. The van der Waals surface area contributed by atoms with Crippen LogP contribution < -0.4 is 0 Å². The summed E-state index contributed by atoms with van der Waals surface area (Å²) in [6.07, 6.45) is 0. The number of halogens is 1. The fraction of sp³-hybridized carbons (Fsp3) is 0.0667. The number of aryl methyl sites for hydroxylation is 1. The Kier molecular flexibility index (Phi) is 2.45. The maximum atomic E-state index is 12.9. The van der Waals surface area contributed by atoms with Crippen molar-refractivity contribution in [2.75, 3.05) is 0 Å². The van der Waals surface area contributed by atoms with E-state index in [0.29, 0.717) is 0 Å². The summed E-state index contributed by atoms with van der Waals surface area (Å²) in [5, 5.41) is 3.60. The van der Waals surface area contributed by atoms with Gasteiger partial charge >= 0.3 is 0 Å². The number of fused-ring (bicyclic) bond motifs is 1. The van der Waals surface area contributed by atoms with Gasteiger partial charge in [0.05, 0.1) is 0 Å². The molecule has 0 amide bonds. The van der Waals surface area contributed by atoms with Crippen LogP contribution in [0.5, 0.6) is 0 Å². The molecule has 0 saturated carbocycles. The van der Waals surface area contributed by atoms with Gasteiger partial charge in [-0.3, -0.25) is 0 Å². The minimum absolute atomic E-state index is 0.0327. The zero-order valence-electron chi connectivity index (χ0n) is 9.48. The van der Waals surface area contributed by atoms with E-state index in [9.17, 15) is 4.39 Å². The predicted molar refractivity (Wildman–Crippen MR) is 72.5 cm³/mol. The Balaban J connectivity index is 2.27. The SMILES string of the molecule is Cc1c[s+](-c2ccc(F)cc2)c2ccccc12. The number of thiophene rings is 1. The molecule has 0 fully saturated rings. The quantitative estimate of drug-likeness (QED) is 0.526. The molecule has 1 heterocycles. The fourth-order valence-electron chi connectivity index (χ4n) is 2.06. The van der Waals surface area contributed by atoms with Gasteiger partial charge in [-0.15, -0.1) is 0 Å². The Morgan fingerprint density at radius 2 is 1.65 bits per heavy atom. The molecule has 2 heteroatoms. The second-order valence-corrected chi connectivity index (χ2v) is 5.91. The number of benzene rings is 2. The zero-order valence-corrected chi connectivity index (χ0v) is 10.3. The highest BCUT2D eigenvalue weighted by Gasteiger charge is 2.17. The van der Waals surface area contributed by atoms with Gasteiger partial charge in [0.25, 0.3) is 0 Å². The molecule has 84 valence electrons. The van der Waals surface area contributed by atoms with Crippen LogP contribution in [0.15, 0.2) is 53.9 Å². The molecule has 0 nitrogen and oxygen atoms in total. The Morgan fingerprint density at radius 1 is 0.941 bits per heavy atom. The molecule has 0 aliphatic rings. The number of hydrogen-bond acceptors (Lipinski definition) is 0. The monoisotopic (exact) mass is 243 g/mol. The summed E-state index contributed by atoms with van der Waals surface area (Å²) in [4.78, 5) is 1.18. The summed E-state index contributed by atoms with van der Waals surface area (Å²) in [7, 11) is -0.0327. The molecule has 0 bridgehead atoms. The Morgan fingerprint density at radius 3 is 2.41 bits per heavy atom. The van der Waals surface area contributed by atoms with Gasteiger partial charge in [-0.1, -0.05) is 12.1 Å². The van der Waals surface area contributed by atoms with E-state index in [0.717, 1.165) is 0 Å². The van der Waals surface area contributed by atoms with Crippen LogP contribution in [0.25, 0.3) is 15.0 Å². The minimum Gasteiger partial charge on any atom is -0.207 e. The number of hydrogen-bond donors (Lipinski definition) is 0. The molecule has 3 aromatic rings. The number of rotatable bonds is 1. The molecule has 2 aromatic carbocycles. The summed E-state index contributed by atoms with van der Waals surface area (Å²) in [6.45, 7) is 2.13. The van der Waals surface area contributed by atoms with Crippen molar-refractivity contribution in [2.24, 2.45) is 0 Å². The van der Waals surface area contributed by atoms with E-state index < -0.39 is 0 Å². The Hall–Kier alpha value is -1.67. The molecule has 1 aromatic heterocycles. The topological polar surface area (TPSA) is 0 Å². The Labute approximate surface area is 102 Å². The molecule has 1 unspecified atom stereocenters. The largest absolute Gasteiger partial charge is 0.207 e. The van der Waals surface area contributed by atoms with Crippen LogP contribution in [0.2, 0.25) is 0 Å². The smallest absolute Gasteiger partial charge is 0.186 e. The van der Waals surface area contributed by atoms with E-state index in [-0.39, 0.29) is 16.3 Å². The lowest BCUT2D eigenvalue weighted by atomic mass is 10.2. The van der Waals surface area contributed by atoms with Crippen molar-refractivity contribution < 1.29 is 4.39 Å². The second-order valence-electron chi connectivity index (χ2n) is 4.09. The second kappa shape index (κ2) is 3.97. The molecule has 0 radical (unpaired) electrons. The van der Waals surface area contributed by atoms with Gasteiger partial charge in [0.2, 0.25) is 0 Å². The van der Waals surface area contributed by atoms with Crippen LogP contribution in [-0.4, -0.2) is 0 Å². The van der Waals surface area contributed by atoms with Crippen molar-refractivity contribution in [3.05, 3.63) is 65.3 Å². The van der Waals surface area contributed by atoms with E-state index in [1.54, 1.807) is 0 Å². The normalized spacial score (nSPS) is 12.0. The van der Waals surface area contributed by atoms with Crippen molar-refractivity contribution in [3.8, 4) is 4.90 Å². The standard InChI is InChI=1S/C15H12FS/c1-11-10-17(13-8-6-12(16)7-9-13)15-5-3-2-4-14(11)15/h2-10H,1H3/q+1. The van der Waals surface area contributed by atoms with Crippen molar-refractivity contribution in [1.29, 1.82) is 0 Å². The van der Waals surface area contributed by atoms with E-state index in [4.69, 9.17) is 0 Å². The Bertz CT molecular complexity index is 665. The lowest BCUT2D eigenvalue weighted by Crippen LogP contribution is -1.72. The molecule has 0 spiro atoms. The highest BCUT2D eigenvalue weighted by Crippen LogP contribution is 2.41. The molecule has 0 N–H and O–H groups in total. The van der Waals surface area contributed by atoms with Gasteiger partial charge in [-0.25, -0.2) is 4.39 Å². The molecule has 0 aliphatic heterocycles. The first-order valence-corrected chi connectivity index (χ1v) is 6.81. The molecule has 3 rings (SSSR count). The van der Waals surface area contributed by atoms with Gasteiger partial charge < -0.3 is 0 Å². The van der Waals surface area contributed by atoms with Gasteiger partial charge in [-0.2, -0.15) is 0 Å². The minimum atomic E-state index is -0.175. The predicted octanol–water partition coefficient (Wildman–Crippen LogP) is 5.03. The van der Waals surface area contributed by atoms with Crippen molar-refractivity contribution in [2.45, 2.75) is 6.92 Å². The van der Waals surface area contributed by atoms with E-state index in [1.165, 1.54) is 32.7 Å². The lowest BCUT2D eigenvalue weighted by molar-refractivity contribution is 0.628. The van der Waals surface area contributed by atoms with Crippen molar-refractivity contribution >= 4 is 20.6 Å². The van der Waals surface area contributed by atoms with E-state index >= 15 is 0 Å². The van der Waals surface area contributed by atoms with Crippen LogP contribution in [0.3, 0.4) is 0 Å². The van der Waals surface area contributed by atoms with Crippen LogP contribution in [0.4, 0.5) is 4.39 Å². The zero-order chi connectivity index (χ0) is 11.8. The first kappa shape index (κ1) is 10.5. The van der Waals surface area contributed by atoms with E-state index in [2.05, 4.69) is 36.6 Å². The third-order valence-electron chi connectivity index (χ3n) is 2.91.